The fourth-order valence-corrected chi connectivity index (χ4v) is 3.64. The lowest BCUT2D eigenvalue weighted by atomic mass is 9.93. The summed E-state index contributed by atoms with van der Waals surface area (Å²) in [5.74, 6) is 2.28. The van der Waals surface area contributed by atoms with E-state index in [2.05, 4.69) is 31.4 Å². The molecule has 18 heavy (non-hydrogen) atoms. The fourth-order valence-electron chi connectivity index (χ4n) is 3.64. The number of amides is 1. The minimum Gasteiger partial charge on any atom is -0.352 e. The molecule has 5 atom stereocenters. The van der Waals surface area contributed by atoms with E-state index < -0.39 is 0 Å². The van der Waals surface area contributed by atoms with Gasteiger partial charge in [0.15, 0.2) is 0 Å². The smallest absolute Gasteiger partial charge is 0.237 e. The maximum absolute atomic E-state index is 12.3. The maximum atomic E-state index is 12.3. The van der Waals surface area contributed by atoms with Crippen LogP contribution in [0.2, 0.25) is 0 Å². The molecular weight excluding hydrogens is 224 g/mol. The topological polar surface area (TPSA) is 41.1 Å². The van der Waals surface area contributed by atoms with Gasteiger partial charge < -0.3 is 10.6 Å². The third-order valence-electron chi connectivity index (χ3n) is 4.87. The van der Waals surface area contributed by atoms with Crippen LogP contribution in [0.1, 0.15) is 52.9 Å². The van der Waals surface area contributed by atoms with Gasteiger partial charge in [0.25, 0.3) is 0 Å². The highest BCUT2D eigenvalue weighted by molar-refractivity contribution is 5.82. The summed E-state index contributed by atoms with van der Waals surface area (Å²) in [6, 6.07) is 0.381. The van der Waals surface area contributed by atoms with Crippen LogP contribution in [0, 0.1) is 17.8 Å². The Morgan fingerprint density at radius 1 is 1.39 bits per heavy atom. The molecule has 0 aromatic rings. The SMILES string of the molecule is CCC(C)CC(C)NC(=O)C1NCC2CCCC21. The van der Waals surface area contributed by atoms with Crippen LogP contribution in [-0.2, 0) is 4.79 Å². The predicted molar refractivity (Wildman–Crippen MR) is 74.3 cm³/mol. The first-order valence-electron chi connectivity index (χ1n) is 7.65. The Bertz CT molecular complexity index is 292. The van der Waals surface area contributed by atoms with E-state index in [9.17, 15) is 4.79 Å². The summed E-state index contributed by atoms with van der Waals surface area (Å²) >= 11 is 0. The van der Waals surface area contributed by atoms with Crippen molar-refractivity contribution in [1.82, 2.24) is 10.6 Å². The molecule has 0 radical (unpaired) electrons. The number of carbonyl (C=O) groups is 1. The largest absolute Gasteiger partial charge is 0.352 e. The average Bonchev–Trinajstić information content (AvgIpc) is 2.89. The summed E-state index contributed by atoms with van der Waals surface area (Å²) in [5, 5.41) is 6.62. The van der Waals surface area contributed by atoms with Crippen molar-refractivity contribution < 1.29 is 4.79 Å². The van der Waals surface area contributed by atoms with Gasteiger partial charge in [-0.1, -0.05) is 26.7 Å². The van der Waals surface area contributed by atoms with E-state index in [0.717, 1.165) is 18.9 Å². The van der Waals surface area contributed by atoms with Gasteiger partial charge in [-0.25, -0.2) is 0 Å². The van der Waals surface area contributed by atoms with Crippen LogP contribution in [0.15, 0.2) is 0 Å². The Labute approximate surface area is 111 Å². The molecule has 2 aliphatic rings. The van der Waals surface area contributed by atoms with Crippen LogP contribution < -0.4 is 10.6 Å². The van der Waals surface area contributed by atoms with Crippen LogP contribution in [-0.4, -0.2) is 24.5 Å². The molecule has 2 rings (SSSR count). The van der Waals surface area contributed by atoms with E-state index >= 15 is 0 Å². The number of nitrogens with one attached hydrogen (secondary N) is 2. The van der Waals surface area contributed by atoms with Crippen molar-refractivity contribution in [1.29, 1.82) is 0 Å². The van der Waals surface area contributed by atoms with E-state index in [-0.39, 0.29) is 11.9 Å². The van der Waals surface area contributed by atoms with Crippen LogP contribution in [0.4, 0.5) is 0 Å². The zero-order chi connectivity index (χ0) is 13.1. The molecule has 1 aliphatic carbocycles. The molecule has 1 saturated heterocycles. The van der Waals surface area contributed by atoms with Gasteiger partial charge in [0, 0.05) is 6.04 Å². The minimum absolute atomic E-state index is 0.0804. The summed E-state index contributed by atoms with van der Waals surface area (Å²) in [4.78, 5) is 12.3. The number of carbonyl (C=O) groups excluding carboxylic acids is 1. The second kappa shape index (κ2) is 6.05. The van der Waals surface area contributed by atoms with Crippen LogP contribution in [0.5, 0.6) is 0 Å². The van der Waals surface area contributed by atoms with Crippen molar-refractivity contribution in [3.63, 3.8) is 0 Å². The molecule has 1 saturated carbocycles. The third-order valence-corrected chi connectivity index (χ3v) is 4.87. The van der Waals surface area contributed by atoms with Gasteiger partial charge in [-0.2, -0.15) is 0 Å². The zero-order valence-corrected chi connectivity index (χ0v) is 12.0. The lowest BCUT2D eigenvalue weighted by Crippen LogP contribution is -2.47. The Kier molecular flexibility index (Phi) is 4.66. The van der Waals surface area contributed by atoms with Crippen molar-refractivity contribution in [2.24, 2.45) is 17.8 Å². The number of rotatable bonds is 5. The van der Waals surface area contributed by atoms with Crippen molar-refractivity contribution in [3.8, 4) is 0 Å². The zero-order valence-electron chi connectivity index (χ0n) is 12.0. The summed E-state index contributed by atoms with van der Waals surface area (Å²) in [7, 11) is 0. The first-order chi connectivity index (χ1) is 8.61. The maximum Gasteiger partial charge on any atom is 0.237 e. The van der Waals surface area contributed by atoms with E-state index in [0.29, 0.717) is 17.9 Å². The van der Waals surface area contributed by atoms with Gasteiger partial charge in [0.2, 0.25) is 5.91 Å². The average molecular weight is 252 g/mol. The molecule has 104 valence electrons. The van der Waals surface area contributed by atoms with Crippen molar-refractivity contribution in [2.75, 3.05) is 6.54 Å². The van der Waals surface area contributed by atoms with E-state index in [1.165, 1.54) is 25.7 Å². The third kappa shape index (κ3) is 3.05. The summed E-state index contributed by atoms with van der Waals surface area (Å²) < 4.78 is 0. The first kappa shape index (κ1) is 13.9. The molecule has 3 heteroatoms. The molecular formula is C15H28N2O. The lowest BCUT2D eigenvalue weighted by Gasteiger charge is -2.22. The van der Waals surface area contributed by atoms with Gasteiger partial charge in [-0.05, 0) is 50.5 Å². The van der Waals surface area contributed by atoms with E-state index in [4.69, 9.17) is 0 Å². The minimum atomic E-state index is 0.0804. The molecule has 5 unspecified atom stereocenters. The summed E-state index contributed by atoms with van der Waals surface area (Å²) in [5.41, 5.74) is 0. The molecule has 0 aromatic carbocycles. The molecule has 1 aliphatic heterocycles. The second-order valence-corrected chi connectivity index (χ2v) is 6.40. The molecule has 0 spiro atoms. The van der Waals surface area contributed by atoms with Crippen molar-refractivity contribution in [3.05, 3.63) is 0 Å². The summed E-state index contributed by atoms with van der Waals surface area (Å²) in [6.07, 6.45) is 6.12. The summed E-state index contributed by atoms with van der Waals surface area (Å²) in [6.45, 7) is 7.64. The Morgan fingerprint density at radius 3 is 2.89 bits per heavy atom. The lowest BCUT2D eigenvalue weighted by molar-refractivity contribution is -0.124. The molecule has 2 N–H and O–H groups in total. The number of fused-ring (bicyclic) bond motifs is 1. The monoisotopic (exact) mass is 252 g/mol. The van der Waals surface area contributed by atoms with Crippen LogP contribution in [0.3, 0.4) is 0 Å². The fraction of sp³-hybridized carbons (Fsp3) is 0.933. The highest BCUT2D eigenvalue weighted by Crippen LogP contribution is 2.37. The molecule has 3 nitrogen and oxygen atoms in total. The highest BCUT2D eigenvalue weighted by atomic mass is 16.2. The highest BCUT2D eigenvalue weighted by Gasteiger charge is 2.42. The quantitative estimate of drug-likeness (QED) is 0.788. The van der Waals surface area contributed by atoms with Gasteiger partial charge in [-0.15, -0.1) is 0 Å². The van der Waals surface area contributed by atoms with Crippen molar-refractivity contribution in [2.45, 2.75) is 65.0 Å². The molecule has 1 heterocycles. The van der Waals surface area contributed by atoms with E-state index in [1.807, 2.05) is 0 Å². The Hall–Kier alpha value is -0.570. The standard InChI is InChI=1S/C15H28N2O/c1-4-10(2)8-11(3)17-15(18)14-13-7-5-6-12(13)9-16-14/h10-14,16H,4-9H2,1-3H3,(H,17,18). The van der Waals surface area contributed by atoms with E-state index in [1.54, 1.807) is 0 Å². The second-order valence-electron chi connectivity index (χ2n) is 6.40. The van der Waals surface area contributed by atoms with Crippen LogP contribution >= 0.6 is 0 Å². The number of hydrogen-bond acceptors (Lipinski definition) is 2. The van der Waals surface area contributed by atoms with Crippen molar-refractivity contribution >= 4 is 5.91 Å². The predicted octanol–water partition coefficient (Wildman–Crippen LogP) is 2.32. The normalized spacial score (nSPS) is 34.1. The molecule has 2 fully saturated rings. The van der Waals surface area contributed by atoms with Gasteiger partial charge >= 0.3 is 0 Å². The molecule has 0 aromatic heterocycles. The molecule has 1 amide bonds. The Balaban J connectivity index is 1.81. The van der Waals surface area contributed by atoms with Gasteiger partial charge in [0.05, 0.1) is 6.04 Å². The Morgan fingerprint density at radius 2 is 2.17 bits per heavy atom. The van der Waals surface area contributed by atoms with Gasteiger partial charge in [-0.3, -0.25) is 4.79 Å². The van der Waals surface area contributed by atoms with Gasteiger partial charge in [0.1, 0.15) is 0 Å². The van der Waals surface area contributed by atoms with Crippen LogP contribution in [0.25, 0.3) is 0 Å². The first-order valence-corrected chi connectivity index (χ1v) is 7.65. The molecule has 0 bridgehead atoms. The number of hydrogen-bond donors (Lipinski definition) is 2.